The summed E-state index contributed by atoms with van der Waals surface area (Å²) in [4.78, 5) is 11.4. The Morgan fingerprint density at radius 1 is 1.45 bits per heavy atom. The molecule has 0 heterocycles. The highest BCUT2D eigenvalue weighted by atomic mass is 35.5. The van der Waals surface area contributed by atoms with Gasteiger partial charge in [-0.2, -0.15) is 0 Å². The fraction of sp³-hybridized carbons (Fsp3) is 0.222. The predicted octanol–water partition coefficient (Wildman–Crippen LogP) is 2.50. The van der Waals surface area contributed by atoms with Crippen LogP contribution in [0.25, 0.3) is 0 Å². The van der Waals surface area contributed by atoms with Gasteiger partial charge >= 0.3 is 0 Å². The number of hydrogen-bond acceptors (Lipinski definition) is 1. The van der Waals surface area contributed by atoms with E-state index in [1.54, 1.807) is 30.3 Å². The Labute approximate surface area is 73.8 Å². The number of carbonyl (C=O) groups is 1. The minimum Gasteiger partial charge on any atom is -0.294 e. The van der Waals surface area contributed by atoms with Gasteiger partial charge in [0.1, 0.15) is 0 Å². The highest BCUT2D eigenvalue weighted by Gasteiger charge is 2.01. The first-order chi connectivity index (χ1) is 6.08. The lowest BCUT2D eigenvalue weighted by Crippen LogP contribution is -1.98. The van der Waals surface area contributed by atoms with Crippen LogP contribution in [0.1, 0.15) is 19.5 Å². The number of alkyl halides is 1. The van der Waals surface area contributed by atoms with Gasteiger partial charge in [-0.05, 0) is 0 Å². The molecule has 2 heteroatoms. The first kappa shape index (κ1) is 5.78. The lowest BCUT2D eigenvalue weighted by molar-refractivity contribution is 0.0989. The van der Waals surface area contributed by atoms with E-state index in [2.05, 4.69) is 0 Å². The lowest BCUT2D eigenvalue weighted by atomic mass is 10.1. The highest BCUT2D eigenvalue weighted by molar-refractivity contribution is 6.19. The van der Waals surface area contributed by atoms with Crippen molar-refractivity contribution in [3.05, 3.63) is 35.9 Å². The van der Waals surface area contributed by atoms with E-state index in [0.29, 0.717) is 5.56 Å². The molecule has 1 aromatic rings. The minimum atomic E-state index is -1.97. The van der Waals surface area contributed by atoms with Gasteiger partial charge in [-0.1, -0.05) is 30.3 Å². The third-order valence-corrected chi connectivity index (χ3v) is 1.40. The topological polar surface area (TPSA) is 17.1 Å². The van der Waals surface area contributed by atoms with E-state index in [-0.39, 0.29) is 5.88 Å². The fourth-order valence-electron chi connectivity index (χ4n) is 0.752. The van der Waals surface area contributed by atoms with Crippen LogP contribution in [0.2, 0.25) is 0 Å². The Morgan fingerprint density at radius 2 is 2.09 bits per heavy atom. The zero-order chi connectivity index (χ0) is 9.90. The van der Waals surface area contributed by atoms with Gasteiger partial charge in [0.2, 0.25) is 0 Å². The second-order valence-electron chi connectivity index (χ2n) is 2.01. The maximum absolute atomic E-state index is 11.4. The number of Topliss-reactive ketones (excluding diaryl/α,β-unsaturated/α-hetero) is 1. The molecule has 0 bridgehead atoms. The summed E-state index contributed by atoms with van der Waals surface area (Å²) in [6, 6.07) is 8.31. The molecule has 0 fully saturated rings. The van der Waals surface area contributed by atoms with Gasteiger partial charge in [-0.15, -0.1) is 11.6 Å². The van der Waals surface area contributed by atoms with Crippen molar-refractivity contribution >= 4 is 17.4 Å². The van der Waals surface area contributed by atoms with Gasteiger partial charge in [0.15, 0.2) is 5.78 Å². The number of hydrogen-bond donors (Lipinski definition) is 0. The maximum atomic E-state index is 11.4. The molecule has 0 atom stereocenters. The SMILES string of the molecule is [2H]C([2H])(CCl)C(=O)c1ccccc1. The number of halogens is 1. The first-order valence-corrected chi connectivity index (χ1v) is 3.77. The summed E-state index contributed by atoms with van der Waals surface area (Å²) in [6.07, 6.45) is -1.97. The van der Waals surface area contributed by atoms with Crippen molar-refractivity contribution in [2.24, 2.45) is 0 Å². The molecule has 0 radical (unpaired) electrons. The summed E-state index contributed by atoms with van der Waals surface area (Å²) in [5, 5.41) is 0. The molecule has 0 spiro atoms. The van der Waals surface area contributed by atoms with E-state index in [1.165, 1.54) is 0 Å². The van der Waals surface area contributed by atoms with Crippen LogP contribution in [-0.2, 0) is 0 Å². The molecule has 1 rings (SSSR count). The molecule has 0 aliphatic rings. The summed E-state index contributed by atoms with van der Waals surface area (Å²) in [7, 11) is 0. The number of carbonyl (C=O) groups excluding carboxylic acids is 1. The molecule has 0 aromatic heterocycles. The maximum Gasteiger partial charge on any atom is 0.164 e. The van der Waals surface area contributed by atoms with E-state index < -0.39 is 12.2 Å². The molecular formula is C9H9ClO. The third kappa shape index (κ3) is 2.35. The average Bonchev–Trinajstić information content (AvgIpc) is 2.18. The van der Waals surface area contributed by atoms with Gasteiger partial charge < -0.3 is 0 Å². The Balaban J connectivity index is 2.93. The van der Waals surface area contributed by atoms with Crippen molar-refractivity contribution in [3.8, 4) is 0 Å². The minimum absolute atomic E-state index is 0.319. The number of benzene rings is 1. The van der Waals surface area contributed by atoms with Gasteiger partial charge in [-0.25, -0.2) is 0 Å². The van der Waals surface area contributed by atoms with Crippen molar-refractivity contribution in [2.45, 2.75) is 6.37 Å². The monoisotopic (exact) mass is 170 g/mol. The highest BCUT2D eigenvalue weighted by Crippen LogP contribution is 2.02. The average molecular weight is 171 g/mol. The van der Waals surface area contributed by atoms with Gasteiger partial charge in [0.25, 0.3) is 0 Å². The van der Waals surface area contributed by atoms with Crippen LogP contribution in [0.5, 0.6) is 0 Å². The third-order valence-electron chi connectivity index (χ3n) is 1.26. The van der Waals surface area contributed by atoms with Crippen LogP contribution >= 0.6 is 11.6 Å². The van der Waals surface area contributed by atoms with Crippen molar-refractivity contribution in [1.29, 1.82) is 0 Å². The molecule has 1 nitrogen and oxygen atoms in total. The normalized spacial score (nSPS) is 13.5. The second kappa shape index (κ2) is 4.14. The molecule has 0 unspecified atom stereocenters. The lowest BCUT2D eigenvalue weighted by Gasteiger charge is -1.95. The zero-order valence-corrected chi connectivity index (χ0v) is 6.64. The van der Waals surface area contributed by atoms with Crippen LogP contribution in [0, 0.1) is 0 Å². The summed E-state index contributed by atoms with van der Waals surface area (Å²) in [6.45, 7) is 0. The van der Waals surface area contributed by atoms with E-state index in [9.17, 15) is 4.79 Å². The molecule has 0 aliphatic heterocycles. The molecule has 0 saturated carbocycles. The van der Waals surface area contributed by atoms with Crippen molar-refractivity contribution < 1.29 is 7.54 Å². The summed E-state index contributed by atoms with van der Waals surface area (Å²) in [5.41, 5.74) is 0.355. The van der Waals surface area contributed by atoms with Gasteiger partial charge in [0, 0.05) is 20.6 Å². The molecule has 0 N–H and O–H groups in total. The number of ketones is 1. The van der Waals surface area contributed by atoms with Crippen LogP contribution in [0.3, 0.4) is 0 Å². The molecule has 11 heavy (non-hydrogen) atoms. The van der Waals surface area contributed by atoms with E-state index >= 15 is 0 Å². The van der Waals surface area contributed by atoms with E-state index in [4.69, 9.17) is 14.3 Å². The molecule has 1 aromatic carbocycles. The smallest absolute Gasteiger partial charge is 0.164 e. The van der Waals surface area contributed by atoms with E-state index in [0.717, 1.165) is 0 Å². The molecule has 0 amide bonds. The quantitative estimate of drug-likeness (QED) is 0.503. The molecular weight excluding hydrogens is 160 g/mol. The predicted molar refractivity (Wildman–Crippen MR) is 46.1 cm³/mol. The second-order valence-corrected chi connectivity index (χ2v) is 2.27. The largest absolute Gasteiger partial charge is 0.294 e. The first-order valence-electron chi connectivity index (χ1n) is 4.24. The Bertz CT molecular complexity index is 298. The zero-order valence-electron chi connectivity index (χ0n) is 7.88. The fourth-order valence-corrected chi connectivity index (χ4v) is 0.874. The van der Waals surface area contributed by atoms with Crippen LogP contribution in [0.15, 0.2) is 30.3 Å². The molecule has 0 saturated heterocycles. The Hall–Kier alpha value is -0.820. The molecule has 0 aliphatic carbocycles. The van der Waals surface area contributed by atoms with Gasteiger partial charge in [-0.3, -0.25) is 4.79 Å². The van der Waals surface area contributed by atoms with Crippen molar-refractivity contribution in [3.63, 3.8) is 0 Å². The van der Waals surface area contributed by atoms with Crippen molar-refractivity contribution in [1.82, 2.24) is 0 Å². The van der Waals surface area contributed by atoms with Crippen LogP contribution in [-0.4, -0.2) is 11.7 Å². The Kier molecular flexibility index (Phi) is 2.18. The Morgan fingerprint density at radius 3 is 2.64 bits per heavy atom. The standard InChI is InChI=1S/C9H9ClO/c10-7-6-9(11)8-4-2-1-3-5-8/h1-5H,6-7H2/i6D2. The van der Waals surface area contributed by atoms with Crippen LogP contribution in [0.4, 0.5) is 0 Å². The molecule has 58 valence electrons. The van der Waals surface area contributed by atoms with Crippen LogP contribution < -0.4 is 0 Å². The summed E-state index contributed by atoms with van der Waals surface area (Å²) >= 11 is 5.34. The summed E-state index contributed by atoms with van der Waals surface area (Å²) in [5.74, 6) is -0.885. The van der Waals surface area contributed by atoms with Gasteiger partial charge in [0.05, 0.1) is 0 Å². The number of rotatable bonds is 3. The van der Waals surface area contributed by atoms with Crippen molar-refractivity contribution in [2.75, 3.05) is 5.88 Å². The summed E-state index contributed by atoms with van der Waals surface area (Å²) < 4.78 is 14.6. The van der Waals surface area contributed by atoms with E-state index in [1.807, 2.05) is 0 Å².